The average Bonchev–Trinajstić information content (AvgIpc) is 2.79. The smallest absolute Gasteiger partial charge is 0.274 e. The summed E-state index contributed by atoms with van der Waals surface area (Å²) < 4.78 is 1.82. The third-order valence-electron chi connectivity index (χ3n) is 3.84. The van der Waals surface area contributed by atoms with Gasteiger partial charge in [-0.05, 0) is 20.8 Å². The quantitative estimate of drug-likeness (QED) is 0.678. The molecule has 0 saturated carbocycles. The molecule has 1 heterocycles. The Bertz CT molecular complexity index is 651. The minimum absolute atomic E-state index is 0.0634. The number of aryl methyl sites for hydroxylation is 1. The standard InChI is InChI=1S/C15H20N4O2/c1-10(13-7-5-6-8-15(13)19(20)21)17-11(2)14-9-16-18(4)12(14)3/h5-11,17H,1-4H3. The van der Waals surface area contributed by atoms with Crippen molar-refractivity contribution >= 4 is 5.69 Å². The number of nitro groups is 1. The largest absolute Gasteiger partial charge is 0.303 e. The van der Waals surface area contributed by atoms with E-state index in [9.17, 15) is 10.1 Å². The number of rotatable bonds is 5. The number of nitro benzene ring substituents is 1. The molecule has 0 saturated heterocycles. The molecule has 2 rings (SSSR count). The van der Waals surface area contributed by atoms with Crippen molar-refractivity contribution in [2.75, 3.05) is 0 Å². The van der Waals surface area contributed by atoms with Gasteiger partial charge in [-0.25, -0.2) is 0 Å². The van der Waals surface area contributed by atoms with E-state index in [0.717, 1.165) is 11.3 Å². The first-order chi connectivity index (χ1) is 9.91. The summed E-state index contributed by atoms with van der Waals surface area (Å²) in [6.07, 6.45) is 1.83. The molecule has 1 aromatic heterocycles. The molecule has 0 aliphatic carbocycles. The number of benzene rings is 1. The van der Waals surface area contributed by atoms with Gasteiger partial charge in [-0.1, -0.05) is 18.2 Å². The van der Waals surface area contributed by atoms with Crippen molar-refractivity contribution in [3.63, 3.8) is 0 Å². The molecule has 21 heavy (non-hydrogen) atoms. The lowest BCUT2D eigenvalue weighted by Crippen LogP contribution is -2.23. The van der Waals surface area contributed by atoms with E-state index in [1.165, 1.54) is 6.07 Å². The molecular formula is C15H20N4O2. The average molecular weight is 288 g/mol. The van der Waals surface area contributed by atoms with Crippen LogP contribution in [0.5, 0.6) is 0 Å². The highest BCUT2D eigenvalue weighted by Crippen LogP contribution is 2.27. The van der Waals surface area contributed by atoms with Crippen LogP contribution >= 0.6 is 0 Å². The summed E-state index contributed by atoms with van der Waals surface area (Å²) in [7, 11) is 1.90. The first-order valence-corrected chi connectivity index (χ1v) is 6.89. The molecular weight excluding hydrogens is 268 g/mol. The fourth-order valence-corrected chi connectivity index (χ4v) is 2.52. The minimum Gasteiger partial charge on any atom is -0.303 e. The van der Waals surface area contributed by atoms with Crippen LogP contribution in [0.15, 0.2) is 30.5 Å². The van der Waals surface area contributed by atoms with Crippen LogP contribution in [0.25, 0.3) is 0 Å². The Hall–Kier alpha value is -2.21. The van der Waals surface area contributed by atoms with Crippen LogP contribution in [0.2, 0.25) is 0 Å². The van der Waals surface area contributed by atoms with Crippen LogP contribution < -0.4 is 5.32 Å². The molecule has 0 spiro atoms. The molecule has 0 aliphatic heterocycles. The number of para-hydroxylation sites is 1. The highest BCUT2D eigenvalue weighted by molar-refractivity contribution is 5.41. The van der Waals surface area contributed by atoms with Crippen LogP contribution in [-0.2, 0) is 7.05 Å². The predicted molar refractivity (Wildman–Crippen MR) is 81.0 cm³/mol. The zero-order valence-corrected chi connectivity index (χ0v) is 12.7. The SMILES string of the molecule is Cc1c(C(C)NC(C)c2ccccc2[N+](=O)[O-])cnn1C. The Kier molecular flexibility index (Phi) is 4.37. The van der Waals surface area contributed by atoms with Crippen LogP contribution in [-0.4, -0.2) is 14.7 Å². The topological polar surface area (TPSA) is 73.0 Å². The summed E-state index contributed by atoms with van der Waals surface area (Å²) in [5.41, 5.74) is 3.02. The fraction of sp³-hybridized carbons (Fsp3) is 0.400. The van der Waals surface area contributed by atoms with Gasteiger partial charge in [-0.2, -0.15) is 5.10 Å². The lowest BCUT2D eigenvalue weighted by molar-refractivity contribution is -0.385. The van der Waals surface area contributed by atoms with Crippen molar-refractivity contribution in [1.82, 2.24) is 15.1 Å². The van der Waals surface area contributed by atoms with Crippen molar-refractivity contribution in [1.29, 1.82) is 0 Å². The van der Waals surface area contributed by atoms with Gasteiger partial charge in [0.2, 0.25) is 0 Å². The van der Waals surface area contributed by atoms with E-state index in [-0.39, 0.29) is 22.7 Å². The molecule has 6 heteroatoms. The summed E-state index contributed by atoms with van der Waals surface area (Å²) in [6, 6.07) is 6.77. The second-order valence-corrected chi connectivity index (χ2v) is 5.23. The summed E-state index contributed by atoms with van der Waals surface area (Å²) >= 11 is 0. The Morgan fingerprint density at radius 1 is 1.24 bits per heavy atom. The molecule has 1 N–H and O–H groups in total. The molecule has 0 bridgehead atoms. The maximum absolute atomic E-state index is 11.1. The number of nitrogens with one attached hydrogen (secondary N) is 1. The number of aromatic nitrogens is 2. The summed E-state index contributed by atoms with van der Waals surface area (Å²) in [5, 5.41) is 18.7. The molecule has 1 aromatic carbocycles. The lowest BCUT2D eigenvalue weighted by Gasteiger charge is -2.20. The maximum atomic E-state index is 11.1. The zero-order valence-electron chi connectivity index (χ0n) is 12.7. The summed E-state index contributed by atoms with van der Waals surface area (Å²) in [6.45, 7) is 5.98. The van der Waals surface area contributed by atoms with Crippen molar-refractivity contribution in [3.8, 4) is 0 Å². The van der Waals surface area contributed by atoms with Crippen molar-refractivity contribution in [2.45, 2.75) is 32.9 Å². The van der Waals surface area contributed by atoms with E-state index in [4.69, 9.17) is 0 Å². The van der Waals surface area contributed by atoms with Gasteiger partial charge >= 0.3 is 0 Å². The maximum Gasteiger partial charge on any atom is 0.274 e. The molecule has 6 nitrogen and oxygen atoms in total. The number of nitrogens with zero attached hydrogens (tertiary/aromatic N) is 3. The Morgan fingerprint density at radius 2 is 1.86 bits per heavy atom. The third kappa shape index (κ3) is 3.11. The van der Waals surface area contributed by atoms with Gasteiger partial charge < -0.3 is 5.32 Å². The van der Waals surface area contributed by atoms with Gasteiger partial charge in [-0.15, -0.1) is 0 Å². The Morgan fingerprint density at radius 3 is 2.43 bits per heavy atom. The highest BCUT2D eigenvalue weighted by atomic mass is 16.6. The first-order valence-electron chi connectivity index (χ1n) is 6.89. The van der Waals surface area contributed by atoms with Crippen LogP contribution in [0.1, 0.15) is 42.8 Å². The Balaban J connectivity index is 2.20. The zero-order chi connectivity index (χ0) is 15.6. The number of hydrogen-bond donors (Lipinski definition) is 1. The van der Waals surface area contributed by atoms with Gasteiger partial charge in [0.15, 0.2) is 0 Å². The fourth-order valence-electron chi connectivity index (χ4n) is 2.52. The molecule has 2 atom stereocenters. The van der Waals surface area contributed by atoms with Crippen molar-refractivity contribution < 1.29 is 4.92 Å². The summed E-state index contributed by atoms with van der Waals surface area (Å²) in [5.74, 6) is 0. The van der Waals surface area contributed by atoms with Crippen LogP contribution in [0.3, 0.4) is 0 Å². The Labute approximate surface area is 123 Å². The van der Waals surface area contributed by atoms with Gasteiger partial charge in [0.1, 0.15) is 0 Å². The molecule has 0 amide bonds. The highest BCUT2D eigenvalue weighted by Gasteiger charge is 2.21. The van der Waals surface area contributed by atoms with Crippen molar-refractivity contribution in [3.05, 3.63) is 57.4 Å². The van der Waals surface area contributed by atoms with E-state index in [2.05, 4.69) is 10.4 Å². The third-order valence-corrected chi connectivity index (χ3v) is 3.84. The molecule has 0 fully saturated rings. The normalized spacial score (nSPS) is 13.9. The second kappa shape index (κ2) is 6.05. The van der Waals surface area contributed by atoms with Crippen molar-refractivity contribution in [2.24, 2.45) is 7.05 Å². The molecule has 2 unspecified atom stereocenters. The van der Waals surface area contributed by atoms with E-state index >= 15 is 0 Å². The van der Waals surface area contributed by atoms with Crippen LogP contribution in [0, 0.1) is 17.0 Å². The van der Waals surface area contributed by atoms with E-state index in [1.54, 1.807) is 12.1 Å². The second-order valence-electron chi connectivity index (χ2n) is 5.23. The number of hydrogen-bond acceptors (Lipinski definition) is 4. The first kappa shape index (κ1) is 15.2. The van der Waals surface area contributed by atoms with Gasteiger partial charge in [0.05, 0.1) is 11.1 Å². The molecule has 0 aliphatic rings. The van der Waals surface area contributed by atoms with E-state index < -0.39 is 0 Å². The van der Waals surface area contributed by atoms with E-state index in [1.807, 2.05) is 44.8 Å². The van der Waals surface area contributed by atoms with Gasteiger partial charge in [0, 0.05) is 42.0 Å². The molecule has 2 aromatic rings. The van der Waals surface area contributed by atoms with Crippen LogP contribution in [0.4, 0.5) is 5.69 Å². The van der Waals surface area contributed by atoms with Gasteiger partial charge in [0.25, 0.3) is 5.69 Å². The summed E-state index contributed by atoms with van der Waals surface area (Å²) in [4.78, 5) is 10.8. The minimum atomic E-state index is -0.340. The molecule has 0 radical (unpaired) electrons. The van der Waals surface area contributed by atoms with E-state index in [0.29, 0.717) is 5.56 Å². The predicted octanol–water partition coefficient (Wildman–Crippen LogP) is 3.05. The monoisotopic (exact) mass is 288 g/mol. The molecule has 112 valence electrons. The van der Waals surface area contributed by atoms with Gasteiger partial charge in [-0.3, -0.25) is 14.8 Å². The lowest BCUT2D eigenvalue weighted by atomic mass is 10.0.